The molecule has 0 spiro atoms. The molecule has 1 rings (SSSR count). The van der Waals surface area contributed by atoms with Gasteiger partial charge in [-0.25, -0.2) is 0 Å². The van der Waals surface area contributed by atoms with Crippen LogP contribution in [-0.4, -0.2) is 47.3 Å². The van der Waals surface area contributed by atoms with Crippen LogP contribution >= 0.6 is 0 Å². The maximum Gasteiger partial charge on any atom is 0.0693 e. The molecule has 1 aliphatic rings. The van der Waals surface area contributed by atoms with Gasteiger partial charge in [-0.05, 0) is 40.5 Å². The van der Waals surface area contributed by atoms with E-state index in [4.69, 9.17) is 0 Å². The zero-order valence-electron chi connectivity index (χ0n) is 11.9. The maximum atomic E-state index is 9.88. The minimum atomic E-state index is -0.129. The van der Waals surface area contributed by atoms with E-state index in [1.165, 1.54) is 12.8 Å². The standard InChI is InChI=1S/C14H30N2O/c1-11(2)16(12(3)4)10-9-15-13-7-5-6-8-14(13)17/h11-15,17H,5-10H2,1-4H3/t13-,14-/m1/s1. The van der Waals surface area contributed by atoms with E-state index in [1.54, 1.807) is 0 Å². The number of nitrogens with zero attached hydrogens (tertiary/aromatic N) is 1. The van der Waals surface area contributed by atoms with Gasteiger partial charge in [0.05, 0.1) is 6.10 Å². The van der Waals surface area contributed by atoms with E-state index in [-0.39, 0.29) is 6.10 Å². The highest BCUT2D eigenvalue weighted by Crippen LogP contribution is 2.18. The molecule has 2 atom stereocenters. The summed E-state index contributed by atoms with van der Waals surface area (Å²) in [6, 6.07) is 1.51. The Labute approximate surface area is 107 Å². The molecule has 0 heterocycles. The van der Waals surface area contributed by atoms with E-state index in [0.29, 0.717) is 18.1 Å². The lowest BCUT2D eigenvalue weighted by atomic mass is 9.92. The number of nitrogens with one attached hydrogen (secondary N) is 1. The van der Waals surface area contributed by atoms with Crippen LogP contribution in [0.15, 0.2) is 0 Å². The Morgan fingerprint density at radius 1 is 1.12 bits per heavy atom. The molecule has 0 saturated heterocycles. The summed E-state index contributed by atoms with van der Waals surface area (Å²) in [6.07, 6.45) is 4.41. The van der Waals surface area contributed by atoms with E-state index in [0.717, 1.165) is 25.9 Å². The highest BCUT2D eigenvalue weighted by molar-refractivity contribution is 4.81. The normalized spacial score (nSPS) is 26.1. The summed E-state index contributed by atoms with van der Waals surface area (Å²) in [7, 11) is 0. The quantitative estimate of drug-likeness (QED) is 0.748. The van der Waals surface area contributed by atoms with Crippen LogP contribution < -0.4 is 5.32 Å². The van der Waals surface area contributed by atoms with E-state index in [9.17, 15) is 5.11 Å². The first-order chi connectivity index (χ1) is 8.02. The van der Waals surface area contributed by atoms with Crippen LogP contribution in [0.25, 0.3) is 0 Å². The zero-order valence-corrected chi connectivity index (χ0v) is 11.9. The Kier molecular flexibility index (Phi) is 6.45. The third-order valence-electron chi connectivity index (χ3n) is 3.83. The topological polar surface area (TPSA) is 35.5 Å². The van der Waals surface area contributed by atoms with Crippen LogP contribution in [0, 0.1) is 0 Å². The fraction of sp³-hybridized carbons (Fsp3) is 1.00. The molecule has 3 heteroatoms. The van der Waals surface area contributed by atoms with E-state index in [1.807, 2.05) is 0 Å². The van der Waals surface area contributed by atoms with E-state index < -0.39 is 0 Å². The number of aliphatic hydroxyl groups excluding tert-OH is 1. The van der Waals surface area contributed by atoms with Crippen LogP contribution in [0.1, 0.15) is 53.4 Å². The molecule has 0 bridgehead atoms. The number of hydrogen-bond donors (Lipinski definition) is 2. The second-order valence-electron chi connectivity index (χ2n) is 5.84. The molecule has 102 valence electrons. The van der Waals surface area contributed by atoms with Crippen molar-refractivity contribution >= 4 is 0 Å². The average molecular weight is 242 g/mol. The molecule has 1 saturated carbocycles. The van der Waals surface area contributed by atoms with Crippen LogP contribution in [0.2, 0.25) is 0 Å². The molecule has 0 radical (unpaired) electrons. The minimum absolute atomic E-state index is 0.129. The van der Waals surface area contributed by atoms with E-state index >= 15 is 0 Å². The molecule has 0 unspecified atom stereocenters. The van der Waals surface area contributed by atoms with Crippen LogP contribution in [0.3, 0.4) is 0 Å². The zero-order chi connectivity index (χ0) is 12.8. The summed E-state index contributed by atoms with van der Waals surface area (Å²) >= 11 is 0. The van der Waals surface area contributed by atoms with Crippen molar-refractivity contribution in [2.45, 2.75) is 77.6 Å². The Bertz CT molecular complexity index is 198. The van der Waals surface area contributed by atoms with Crippen molar-refractivity contribution in [3.8, 4) is 0 Å². The number of hydrogen-bond acceptors (Lipinski definition) is 3. The first-order valence-electron chi connectivity index (χ1n) is 7.19. The van der Waals surface area contributed by atoms with Crippen LogP contribution in [-0.2, 0) is 0 Å². The Morgan fingerprint density at radius 2 is 1.71 bits per heavy atom. The summed E-state index contributed by atoms with van der Waals surface area (Å²) in [5.74, 6) is 0. The van der Waals surface area contributed by atoms with Gasteiger partial charge in [-0.1, -0.05) is 12.8 Å². The fourth-order valence-corrected chi connectivity index (χ4v) is 2.84. The van der Waals surface area contributed by atoms with Crippen molar-refractivity contribution in [1.29, 1.82) is 0 Å². The fourth-order valence-electron chi connectivity index (χ4n) is 2.84. The van der Waals surface area contributed by atoms with Crippen LogP contribution in [0.4, 0.5) is 0 Å². The lowest BCUT2D eigenvalue weighted by Crippen LogP contribution is -2.47. The summed E-state index contributed by atoms with van der Waals surface area (Å²) in [6.45, 7) is 11.0. The van der Waals surface area contributed by atoms with Crippen molar-refractivity contribution < 1.29 is 5.11 Å². The summed E-state index contributed by atoms with van der Waals surface area (Å²) in [5.41, 5.74) is 0. The van der Waals surface area contributed by atoms with Gasteiger partial charge in [-0.3, -0.25) is 4.90 Å². The molecule has 0 amide bonds. The largest absolute Gasteiger partial charge is 0.392 e. The minimum Gasteiger partial charge on any atom is -0.392 e. The third-order valence-corrected chi connectivity index (χ3v) is 3.83. The number of rotatable bonds is 6. The van der Waals surface area contributed by atoms with Gasteiger partial charge in [0.25, 0.3) is 0 Å². The Morgan fingerprint density at radius 3 is 2.24 bits per heavy atom. The summed E-state index contributed by atoms with van der Waals surface area (Å²) in [4.78, 5) is 2.49. The van der Waals surface area contributed by atoms with Crippen molar-refractivity contribution in [1.82, 2.24) is 10.2 Å². The molecular weight excluding hydrogens is 212 g/mol. The second-order valence-corrected chi connectivity index (χ2v) is 5.84. The average Bonchev–Trinajstić information content (AvgIpc) is 2.25. The maximum absolute atomic E-state index is 9.88. The highest BCUT2D eigenvalue weighted by Gasteiger charge is 2.22. The van der Waals surface area contributed by atoms with Gasteiger partial charge in [-0.15, -0.1) is 0 Å². The summed E-state index contributed by atoms with van der Waals surface area (Å²) in [5, 5.41) is 13.4. The SMILES string of the molecule is CC(C)N(CCN[C@@H]1CCCC[C@H]1O)C(C)C. The molecule has 1 aliphatic carbocycles. The predicted octanol–water partition coefficient (Wildman–Crippen LogP) is 2.00. The molecule has 0 aromatic carbocycles. The monoisotopic (exact) mass is 242 g/mol. The van der Waals surface area contributed by atoms with Gasteiger partial charge in [-0.2, -0.15) is 0 Å². The third kappa shape index (κ3) is 4.94. The summed E-state index contributed by atoms with van der Waals surface area (Å²) < 4.78 is 0. The van der Waals surface area contributed by atoms with E-state index in [2.05, 4.69) is 37.9 Å². The van der Waals surface area contributed by atoms with Crippen LogP contribution in [0.5, 0.6) is 0 Å². The second kappa shape index (κ2) is 7.34. The molecule has 0 aliphatic heterocycles. The number of aliphatic hydroxyl groups is 1. The van der Waals surface area contributed by atoms with Gasteiger partial charge in [0.15, 0.2) is 0 Å². The predicted molar refractivity (Wildman–Crippen MR) is 73.2 cm³/mol. The lowest BCUT2D eigenvalue weighted by Gasteiger charge is -2.33. The molecule has 17 heavy (non-hydrogen) atoms. The first kappa shape index (κ1) is 14.9. The molecule has 0 aromatic heterocycles. The van der Waals surface area contributed by atoms with Crippen molar-refractivity contribution in [3.63, 3.8) is 0 Å². The van der Waals surface area contributed by atoms with Crippen molar-refractivity contribution in [2.24, 2.45) is 0 Å². The Balaban J connectivity index is 2.25. The van der Waals surface area contributed by atoms with Gasteiger partial charge < -0.3 is 10.4 Å². The molecule has 3 nitrogen and oxygen atoms in total. The Hall–Kier alpha value is -0.120. The van der Waals surface area contributed by atoms with Crippen molar-refractivity contribution in [2.75, 3.05) is 13.1 Å². The first-order valence-corrected chi connectivity index (χ1v) is 7.19. The van der Waals surface area contributed by atoms with Gasteiger partial charge in [0.1, 0.15) is 0 Å². The van der Waals surface area contributed by atoms with Gasteiger partial charge in [0.2, 0.25) is 0 Å². The lowest BCUT2D eigenvalue weighted by molar-refractivity contribution is 0.0867. The molecule has 0 aromatic rings. The smallest absolute Gasteiger partial charge is 0.0693 e. The molecule has 1 fully saturated rings. The van der Waals surface area contributed by atoms with Crippen molar-refractivity contribution in [3.05, 3.63) is 0 Å². The molecular formula is C14H30N2O. The van der Waals surface area contributed by atoms with Gasteiger partial charge in [0, 0.05) is 31.2 Å². The molecule has 2 N–H and O–H groups in total. The van der Waals surface area contributed by atoms with Gasteiger partial charge >= 0.3 is 0 Å². The highest BCUT2D eigenvalue weighted by atomic mass is 16.3.